The van der Waals surface area contributed by atoms with Crippen LogP contribution in [0.5, 0.6) is 0 Å². The molecule has 1 saturated heterocycles. The van der Waals surface area contributed by atoms with Crippen molar-refractivity contribution in [3.8, 4) is 11.3 Å². The minimum absolute atomic E-state index is 0.0402. The molecule has 2 bridgehead atoms. The lowest BCUT2D eigenvalue weighted by Gasteiger charge is -2.39. The molecule has 3 aliphatic rings. The Morgan fingerprint density at radius 3 is 2.43 bits per heavy atom. The molecular formula is C27H27F2N3O4S. The summed E-state index contributed by atoms with van der Waals surface area (Å²) in [5, 5.41) is 18.4. The molecule has 3 heterocycles. The smallest absolute Gasteiger partial charge is 0.196 e. The lowest BCUT2D eigenvalue weighted by Crippen LogP contribution is -2.50. The molecule has 0 amide bonds. The number of hydrogen-bond acceptors (Lipinski definition) is 7. The summed E-state index contributed by atoms with van der Waals surface area (Å²) >= 11 is 0. The lowest BCUT2D eigenvalue weighted by molar-refractivity contribution is -0.122. The number of aliphatic hydroxyl groups is 1. The molecular weight excluding hydrogens is 500 g/mol. The molecule has 2 aliphatic carbocycles. The van der Waals surface area contributed by atoms with Crippen LogP contribution in [0.3, 0.4) is 0 Å². The van der Waals surface area contributed by atoms with Crippen LogP contribution >= 0.6 is 0 Å². The van der Waals surface area contributed by atoms with Crippen LogP contribution in [0.1, 0.15) is 49.6 Å². The highest BCUT2D eigenvalue weighted by molar-refractivity contribution is 7.91. The summed E-state index contributed by atoms with van der Waals surface area (Å²) in [6, 6.07) is 10.4. The number of rotatable bonds is 6. The monoisotopic (exact) mass is 527 g/mol. The second-order valence-electron chi connectivity index (χ2n) is 11.1. The van der Waals surface area contributed by atoms with E-state index in [1.165, 1.54) is 24.3 Å². The second-order valence-corrected chi connectivity index (χ2v) is 13.1. The third-order valence-corrected chi connectivity index (χ3v) is 10.6. The Kier molecular flexibility index (Phi) is 5.36. The summed E-state index contributed by atoms with van der Waals surface area (Å²) in [7, 11) is -3.80. The summed E-state index contributed by atoms with van der Waals surface area (Å²) in [6.07, 6.45) is 1.50. The van der Waals surface area contributed by atoms with Crippen molar-refractivity contribution in [2.45, 2.75) is 43.0 Å². The molecule has 7 nitrogen and oxygen atoms in total. The maximum Gasteiger partial charge on any atom is 0.196 e. The van der Waals surface area contributed by atoms with Gasteiger partial charge in [0.1, 0.15) is 11.6 Å². The first-order chi connectivity index (χ1) is 17.5. The molecule has 6 rings (SSSR count). The number of aromatic nitrogens is 3. The minimum Gasteiger partial charge on any atom is -0.396 e. The van der Waals surface area contributed by atoms with E-state index in [0.717, 1.165) is 12.0 Å². The molecule has 194 valence electrons. The first-order valence-electron chi connectivity index (χ1n) is 12.3. The fourth-order valence-corrected chi connectivity index (χ4v) is 8.41. The molecule has 2 atom stereocenters. The number of sulfone groups is 1. The number of halogens is 2. The Morgan fingerprint density at radius 2 is 1.78 bits per heavy atom. The van der Waals surface area contributed by atoms with Crippen molar-refractivity contribution in [1.29, 1.82) is 0 Å². The first kappa shape index (κ1) is 24.5. The van der Waals surface area contributed by atoms with Gasteiger partial charge in [-0.1, -0.05) is 26.0 Å². The predicted molar refractivity (Wildman–Crippen MR) is 131 cm³/mol. The molecule has 10 heteroatoms. The Balaban J connectivity index is 1.45. The van der Waals surface area contributed by atoms with Crippen LogP contribution in [0, 0.1) is 22.5 Å². The highest BCUT2D eigenvalue weighted by Crippen LogP contribution is 2.69. The number of aliphatic hydroxyl groups excluding tert-OH is 1. The van der Waals surface area contributed by atoms with Crippen LogP contribution in [0.2, 0.25) is 0 Å². The van der Waals surface area contributed by atoms with Crippen LogP contribution in [0.25, 0.3) is 11.3 Å². The van der Waals surface area contributed by atoms with E-state index in [1.54, 1.807) is 12.1 Å². The Bertz CT molecular complexity index is 1500. The number of benzene rings is 1. The van der Waals surface area contributed by atoms with Gasteiger partial charge in [-0.15, -0.1) is 5.10 Å². The van der Waals surface area contributed by atoms with Gasteiger partial charge < -0.3 is 9.84 Å². The maximum absolute atomic E-state index is 14.5. The molecule has 2 aromatic heterocycles. The van der Waals surface area contributed by atoms with Crippen molar-refractivity contribution in [1.82, 2.24) is 15.2 Å². The summed E-state index contributed by atoms with van der Waals surface area (Å²) in [5.74, 6) is -1.62. The predicted octanol–water partition coefficient (Wildman–Crippen LogP) is 3.80. The van der Waals surface area contributed by atoms with Crippen LogP contribution in [0.4, 0.5) is 8.78 Å². The van der Waals surface area contributed by atoms with E-state index in [1.807, 2.05) is 6.07 Å². The van der Waals surface area contributed by atoms with Crippen LogP contribution in [-0.2, 0) is 20.0 Å². The van der Waals surface area contributed by atoms with Gasteiger partial charge in [0.05, 0.1) is 59.0 Å². The van der Waals surface area contributed by atoms with Crippen LogP contribution in [-0.4, -0.2) is 54.3 Å². The average Bonchev–Trinajstić information content (AvgIpc) is 3.22. The highest BCUT2D eigenvalue weighted by Gasteiger charge is 2.65. The Hall–Kier alpha value is -2.82. The molecule has 1 N–H and O–H groups in total. The lowest BCUT2D eigenvalue weighted by atomic mass is 9.66. The summed E-state index contributed by atoms with van der Waals surface area (Å²) in [5.41, 5.74) is 0.148. The van der Waals surface area contributed by atoms with Crippen LogP contribution in [0.15, 0.2) is 47.5 Å². The molecule has 1 aromatic carbocycles. The zero-order chi connectivity index (χ0) is 26.2. The average molecular weight is 528 g/mol. The van der Waals surface area contributed by atoms with E-state index in [0.29, 0.717) is 17.8 Å². The van der Waals surface area contributed by atoms with E-state index in [2.05, 4.69) is 29.0 Å². The topological polar surface area (TPSA) is 102 Å². The van der Waals surface area contributed by atoms with Crippen molar-refractivity contribution in [3.63, 3.8) is 0 Å². The molecule has 0 unspecified atom stereocenters. The van der Waals surface area contributed by atoms with Gasteiger partial charge >= 0.3 is 0 Å². The number of nitrogens with zero attached hydrogens (tertiary/aromatic N) is 3. The summed E-state index contributed by atoms with van der Waals surface area (Å²) in [6.45, 7) is 4.30. The highest BCUT2D eigenvalue weighted by atomic mass is 32.2. The first-order valence-corrected chi connectivity index (χ1v) is 13.9. The summed E-state index contributed by atoms with van der Waals surface area (Å²) < 4.78 is 60.8. The molecule has 37 heavy (non-hydrogen) atoms. The van der Waals surface area contributed by atoms with Gasteiger partial charge in [0.25, 0.3) is 0 Å². The van der Waals surface area contributed by atoms with Gasteiger partial charge in [-0.2, -0.15) is 5.10 Å². The van der Waals surface area contributed by atoms with Crippen molar-refractivity contribution in [3.05, 3.63) is 71.1 Å². The molecule has 0 radical (unpaired) electrons. The number of ether oxygens (including phenoxy) is 1. The molecule has 1 saturated carbocycles. The van der Waals surface area contributed by atoms with Crippen molar-refractivity contribution < 1.29 is 27.0 Å². The molecule has 0 spiro atoms. The van der Waals surface area contributed by atoms with E-state index < -0.39 is 32.3 Å². The zero-order valence-electron chi connectivity index (χ0n) is 20.5. The third-order valence-electron chi connectivity index (χ3n) is 8.73. The minimum atomic E-state index is -3.80. The van der Waals surface area contributed by atoms with Crippen molar-refractivity contribution >= 4 is 9.84 Å². The Labute approximate surface area is 213 Å². The fraction of sp³-hybridized carbons (Fsp3) is 0.444. The standard InChI is InChI=1S/C27H27F2N3O4S/c1-25(2)17-9-10-27(25,24-16(17)11-20(31-32-24)23-18(28)5-3-6-19(23)29)21-7-4-8-22(30-21)37(34,35)15-26(12-33)13-36-14-26/h3-8,11,17,33H,9-10,12-15H2,1-2H3/t17-,27-/m0/s1. The summed E-state index contributed by atoms with van der Waals surface area (Å²) in [4.78, 5) is 4.68. The van der Waals surface area contributed by atoms with Crippen molar-refractivity contribution in [2.75, 3.05) is 25.6 Å². The quantitative estimate of drug-likeness (QED) is 0.520. The maximum atomic E-state index is 14.5. The largest absolute Gasteiger partial charge is 0.396 e. The van der Waals surface area contributed by atoms with E-state index in [-0.39, 0.29) is 53.2 Å². The number of hydrogen-bond donors (Lipinski definition) is 1. The Morgan fingerprint density at radius 1 is 1.08 bits per heavy atom. The third kappa shape index (κ3) is 3.35. The van der Waals surface area contributed by atoms with Gasteiger partial charge in [-0.3, -0.25) is 0 Å². The number of pyridine rings is 1. The second kappa shape index (κ2) is 8.09. The van der Waals surface area contributed by atoms with E-state index >= 15 is 0 Å². The van der Waals surface area contributed by atoms with Crippen LogP contribution < -0.4 is 0 Å². The molecule has 1 aliphatic heterocycles. The van der Waals surface area contributed by atoms with Gasteiger partial charge in [-0.25, -0.2) is 22.2 Å². The number of fused-ring (bicyclic) bond motifs is 5. The molecule has 3 aromatic rings. The van der Waals surface area contributed by atoms with Gasteiger partial charge in [0.15, 0.2) is 14.9 Å². The fourth-order valence-electron chi connectivity index (χ4n) is 6.67. The van der Waals surface area contributed by atoms with Gasteiger partial charge in [0, 0.05) is 0 Å². The zero-order valence-corrected chi connectivity index (χ0v) is 21.4. The normalized spacial score (nSPS) is 25.1. The van der Waals surface area contributed by atoms with E-state index in [9.17, 15) is 22.3 Å². The molecule has 2 fully saturated rings. The van der Waals surface area contributed by atoms with E-state index in [4.69, 9.17) is 4.74 Å². The van der Waals surface area contributed by atoms with Crippen molar-refractivity contribution in [2.24, 2.45) is 10.8 Å². The van der Waals surface area contributed by atoms with Gasteiger partial charge in [0.2, 0.25) is 0 Å². The SMILES string of the molecule is CC1(C)[C@H]2CC[C@]1(c1cccc(S(=O)(=O)CC3(CO)COC3)n1)c1nnc(-c3c(F)cccc3F)cc12. The van der Waals surface area contributed by atoms with Gasteiger partial charge in [-0.05, 0) is 60.1 Å².